The third-order valence-corrected chi connectivity index (χ3v) is 4.51. The molecule has 0 amide bonds. The van der Waals surface area contributed by atoms with E-state index in [1.165, 1.54) is 10.5 Å². The molecule has 1 atom stereocenters. The third kappa shape index (κ3) is 4.16. The van der Waals surface area contributed by atoms with E-state index < -0.39 is 0 Å². The van der Waals surface area contributed by atoms with Crippen LogP contribution in [0.4, 0.5) is 0 Å². The first-order valence-corrected chi connectivity index (χ1v) is 8.41. The second kappa shape index (κ2) is 7.74. The standard InChI is InChI=1S/C17H20ClNOS/c1-19-16(12-4-7-15(21-3)8-5-12)11-13-10-14(18)6-9-17(13)20-2/h4-10,16,19H,11H2,1-3H3. The van der Waals surface area contributed by atoms with Gasteiger partial charge in [0.1, 0.15) is 5.75 Å². The second-order valence-electron chi connectivity index (χ2n) is 4.77. The first-order chi connectivity index (χ1) is 10.2. The number of hydrogen-bond donors (Lipinski definition) is 1. The quantitative estimate of drug-likeness (QED) is 0.787. The number of methoxy groups -OCH3 is 1. The van der Waals surface area contributed by atoms with Crippen LogP contribution >= 0.6 is 23.4 Å². The van der Waals surface area contributed by atoms with Gasteiger partial charge in [-0.15, -0.1) is 11.8 Å². The molecule has 0 radical (unpaired) electrons. The molecular formula is C17H20ClNOS. The molecule has 0 bridgehead atoms. The Hall–Kier alpha value is -1.16. The van der Waals surface area contributed by atoms with E-state index in [-0.39, 0.29) is 6.04 Å². The topological polar surface area (TPSA) is 21.3 Å². The number of halogens is 1. The van der Waals surface area contributed by atoms with E-state index in [4.69, 9.17) is 16.3 Å². The Kier molecular flexibility index (Phi) is 5.97. The van der Waals surface area contributed by atoms with Gasteiger partial charge >= 0.3 is 0 Å². The van der Waals surface area contributed by atoms with E-state index in [2.05, 4.69) is 35.8 Å². The van der Waals surface area contributed by atoms with Crippen LogP contribution in [-0.4, -0.2) is 20.4 Å². The van der Waals surface area contributed by atoms with Crippen molar-refractivity contribution in [3.63, 3.8) is 0 Å². The molecule has 0 fully saturated rings. The molecule has 0 aromatic heterocycles. The van der Waals surface area contributed by atoms with Crippen molar-refractivity contribution >= 4 is 23.4 Å². The first kappa shape index (κ1) is 16.2. The molecule has 21 heavy (non-hydrogen) atoms. The highest BCUT2D eigenvalue weighted by molar-refractivity contribution is 7.98. The fraction of sp³-hybridized carbons (Fsp3) is 0.294. The summed E-state index contributed by atoms with van der Waals surface area (Å²) in [5.41, 5.74) is 2.37. The summed E-state index contributed by atoms with van der Waals surface area (Å²) in [4.78, 5) is 1.27. The smallest absolute Gasteiger partial charge is 0.122 e. The summed E-state index contributed by atoms with van der Waals surface area (Å²) in [6, 6.07) is 14.6. The zero-order chi connectivity index (χ0) is 15.2. The van der Waals surface area contributed by atoms with Crippen molar-refractivity contribution in [3.8, 4) is 5.75 Å². The van der Waals surface area contributed by atoms with E-state index in [0.29, 0.717) is 0 Å². The maximum atomic E-state index is 6.11. The number of hydrogen-bond acceptors (Lipinski definition) is 3. The fourth-order valence-corrected chi connectivity index (χ4v) is 2.95. The molecule has 0 aliphatic carbocycles. The predicted octanol–water partition coefficient (Wildman–Crippen LogP) is 4.57. The van der Waals surface area contributed by atoms with Crippen LogP contribution < -0.4 is 10.1 Å². The van der Waals surface area contributed by atoms with E-state index >= 15 is 0 Å². The summed E-state index contributed by atoms with van der Waals surface area (Å²) in [6.45, 7) is 0. The van der Waals surface area contributed by atoms with Crippen LogP contribution in [0.15, 0.2) is 47.4 Å². The van der Waals surface area contributed by atoms with Gasteiger partial charge in [-0.3, -0.25) is 0 Å². The number of benzene rings is 2. The van der Waals surface area contributed by atoms with Crippen LogP contribution in [0.2, 0.25) is 5.02 Å². The van der Waals surface area contributed by atoms with Crippen molar-refractivity contribution in [2.24, 2.45) is 0 Å². The Morgan fingerprint density at radius 2 is 1.90 bits per heavy atom. The van der Waals surface area contributed by atoms with Crippen LogP contribution in [-0.2, 0) is 6.42 Å². The van der Waals surface area contributed by atoms with Gasteiger partial charge in [-0.25, -0.2) is 0 Å². The molecule has 4 heteroatoms. The van der Waals surface area contributed by atoms with Crippen LogP contribution in [0.1, 0.15) is 17.2 Å². The van der Waals surface area contributed by atoms with Crippen LogP contribution in [0.3, 0.4) is 0 Å². The third-order valence-electron chi connectivity index (χ3n) is 3.53. The van der Waals surface area contributed by atoms with E-state index in [1.54, 1.807) is 18.9 Å². The number of nitrogens with one attached hydrogen (secondary N) is 1. The predicted molar refractivity (Wildman–Crippen MR) is 91.7 cm³/mol. The maximum Gasteiger partial charge on any atom is 0.122 e. The minimum Gasteiger partial charge on any atom is -0.496 e. The van der Waals surface area contributed by atoms with Gasteiger partial charge in [0.25, 0.3) is 0 Å². The molecule has 0 saturated carbocycles. The van der Waals surface area contributed by atoms with Gasteiger partial charge in [0.05, 0.1) is 7.11 Å². The largest absolute Gasteiger partial charge is 0.496 e. The van der Waals surface area contributed by atoms with Gasteiger partial charge in [0, 0.05) is 16.0 Å². The van der Waals surface area contributed by atoms with Crippen molar-refractivity contribution in [1.29, 1.82) is 0 Å². The van der Waals surface area contributed by atoms with Crippen LogP contribution in [0, 0.1) is 0 Å². The highest BCUT2D eigenvalue weighted by Crippen LogP contribution is 2.28. The number of thioether (sulfide) groups is 1. The van der Waals surface area contributed by atoms with Crippen molar-refractivity contribution in [2.45, 2.75) is 17.4 Å². The Labute approximate surface area is 135 Å². The van der Waals surface area contributed by atoms with Crippen molar-refractivity contribution in [1.82, 2.24) is 5.32 Å². The fourth-order valence-electron chi connectivity index (χ4n) is 2.35. The lowest BCUT2D eigenvalue weighted by Gasteiger charge is -2.19. The molecule has 112 valence electrons. The molecule has 0 heterocycles. The second-order valence-corrected chi connectivity index (χ2v) is 6.09. The summed E-state index contributed by atoms with van der Waals surface area (Å²) in [7, 11) is 3.67. The van der Waals surface area contributed by atoms with Crippen molar-refractivity contribution in [2.75, 3.05) is 20.4 Å². The van der Waals surface area contributed by atoms with Crippen molar-refractivity contribution in [3.05, 3.63) is 58.6 Å². The Morgan fingerprint density at radius 1 is 1.19 bits per heavy atom. The number of likely N-dealkylation sites (N-methyl/N-ethyl adjacent to an activating group) is 1. The van der Waals surface area contributed by atoms with E-state index in [0.717, 1.165) is 22.8 Å². The van der Waals surface area contributed by atoms with E-state index in [1.807, 2.05) is 25.2 Å². The van der Waals surface area contributed by atoms with Crippen molar-refractivity contribution < 1.29 is 4.74 Å². The molecule has 0 aliphatic heterocycles. The number of rotatable bonds is 6. The molecule has 2 rings (SSSR count). The lowest BCUT2D eigenvalue weighted by molar-refractivity contribution is 0.406. The zero-order valence-corrected chi connectivity index (χ0v) is 14.1. The molecule has 0 aliphatic rings. The average molecular weight is 322 g/mol. The molecule has 0 saturated heterocycles. The molecule has 1 unspecified atom stereocenters. The van der Waals surface area contributed by atoms with Gasteiger partial charge in [-0.1, -0.05) is 23.7 Å². The molecule has 1 N–H and O–H groups in total. The Balaban J connectivity index is 2.23. The Bertz CT molecular complexity index is 586. The van der Waals surface area contributed by atoms with E-state index in [9.17, 15) is 0 Å². The highest BCUT2D eigenvalue weighted by atomic mass is 35.5. The summed E-state index contributed by atoms with van der Waals surface area (Å²) in [5, 5.41) is 4.10. The normalized spacial score (nSPS) is 12.2. The molecule has 2 nitrogen and oxygen atoms in total. The van der Waals surface area contributed by atoms with Gasteiger partial charge in [-0.05, 0) is 61.2 Å². The van der Waals surface area contributed by atoms with Crippen LogP contribution in [0.25, 0.3) is 0 Å². The molecule has 2 aromatic rings. The Morgan fingerprint density at radius 3 is 2.48 bits per heavy atom. The van der Waals surface area contributed by atoms with Gasteiger partial charge in [-0.2, -0.15) is 0 Å². The lowest BCUT2D eigenvalue weighted by atomic mass is 9.98. The van der Waals surface area contributed by atoms with Gasteiger partial charge < -0.3 is 10.1 Å². The summed E-state index contributed by atoms with van der Waals surface area (Å²) >= 11 is 7.86. The average Bonchev–Trinajstić information content (AvgIpc) is 2.53. The number of ether oxygens (including phenoxy) is 1. The maximum absolute atomic E-state index is 6.11. The SMILES string of the molecule is CNC(Cc1cc(Cl)ccc1OC)c1ccc(SC)cc1. The monoisotopic (exact) mass is 321 g/mol. The van der Waals surface area contributed by atoms with Gasteiger partial charge in [0.15, 0.2) is 0 Å². The van der Waals surface area contributed by atoms with Crippen LogP contribution in [0.5, 0.6) is 5.75 Å². The summed E-state index contributed by atoms with van der Waals surface area (Å²) < 4.78 is 5.43. The zero-order valence-electron chi connectivity index (χ0n) is 12.5. The van der Waals surface area contributed by atoms with Gasteiger partial charge in [0.2, 0.25) is 0 Å². The summed E-state index contributed by atoms with van der Waals surface area (Å²) in [5.74, 6) is 0.875. The molecule has 2 aromatic carbocycles. The highest BCUT2D eigenvalue weighted by Gasteiger charge is 2.13. The minimum atomic E-state index is 0.230. The molecule has 0 spiro atoms. The lowest BCUT2D eigenvalue weighted by Crippen LogP contribution is -2.19. The summed E-state index contributed by atoms with van der Waals surface area (Å²) in [6.07, 6.45) is 2.92. The minimum absolute atomic E-state index is 0.230. The molecular weight excluding hydrogens is 302 g/mol. The first-order valence-electron chi connectivity index (χ1n) is 6.81.